The minimum Gasteiger partial charge on any atom is -0.493 e. The number of nitriles is 1. The van der Waals surface area contributed by atoms with Crippen LogP contribution in [0.4, 0.5) is 0 Å². The molecular weight excluding hydrogens is 224 g/mol. The van der Waals surface area contributed by atoms with E-state index in [1.165, 1.54) is 5.39 Å². The quantitative estimate of drug-likeness (QED) is 0.874. The second-order valence-corrected chi connectivity index (χ2v) is 4.08. The zero-order valence-corrected chi connectivity index (χ0v) is 10.4. The number of rotatable bonds is 5. The van der Waals surface area contributed by atoms with Gasteiger partial charge in [-0.2, -0.15) is 5.26 Å². The van der Waals surface area contributed by atoms with Gasteiger partial charge in [0.15, 0.2) is 0 Å². The fourth-order valence-corrected chi connectivity index (χ4v) is 1.88. The average Bonchev–Trinajstić information content (AvgIpc) is 2.44. The molecule has 2 rings (SSSR count). The van der Waals surface area contributed by atoms with Crippen molar-refractivity contribution in [2.75, 3.05) is 13.7 Å². The van der Waals surface area contributed by atoms with Crippen molar-refractivity contribution in [1.82, 2.24) is 5.32 Å². The van der Waals surface area contributed by atoms with Crippen LogP contribution in [0.15, 0.2) is 42.5 Å². The van der Waals surface area contributed by atoms with Crippen molar-refractivity contribution in [2.24, 2.45) is 0 Å². The largest absolute Gasteiger partial charge is 0.493 e. The number of hydrogen-bond acceptors (Lipinski definition) is 3. The monoisotopic (exact) mass is 240 g/mol. The van der Waals surface area contributed by atoms with Gasteiger partial charge in [-0.1, -0.05) is 36.4 Å². The van der Waals surface area contributed by atoms with Crippen molar-refractivity contribution in [1.29, 1.82) is 5.26 Å². The van der Waals surface area contributed by atoms with Gasteiger partial charge in [0.05, 0.1) is 18.7 Å². The molecule has 1 N–H and O–H groups in total. The molecule has 3 nitrogen and oxygen atoms in total. The second kappa shape index (κ2) is 6.04. The molecule has 3 heteroatoms. The van der Waals surface area contributed by atoms with Crippen LogP contribution in [0.2, 0.25) is 0 Å². The maximum atomic E-state index is 8.83. The molecule has 0 fully saturated rings. The minimum absolute atomic E-state index is 0.153. The lowest BCUT2D eigenvalue weighted by molar-refractivity contribution is 0.303. The first-order chi connectivity index (χ1) is 8.85. The van der Waals surface area contributed by atoms with Crippen LogP contribution in [-0.2, 0) is 0 Å². The lowest BCUT2D eigenvalue weighted by atomic mass is 10.1. The molecule has 0 amide bonds. The van der Waals surface area contributed by atoms with Gasteiger partial charge in [-0.05, 0) is 18.5 Å². The summed E-state index contributed by atoms with van der Waals surface area (Å²) in [7, 11) is 1.78. The number of nitrogens with zero attached hydrogens (tertiary/aromatic N) is 1. The van der Waals surface area contributed by atoms with E-state index in [2.05, 4.69) is 23.5 Å². The Balaban J connectivity index is 2.06. The number of ether oxygens (including phenoxy) is 1. The predicted molar refractivity (Wildman–Crippen MR) is 72.5 cm³/mol. The number of hydrogen-bond donors (Lipinski definition) is 1. The maximum absolute atomic E-state index is 8.83. The Bertz CT molecular complexity index is 554. The summed E-state index contributed by atoms with van der Waals surface area (Å²) < 4.78 is 5.76. The summed E-state index contributed by atoms with van der Waals surface area (Å²) in [4.78, 5) is 0. The molecule has 92 valence electrons. The third-order valence-corrected chi connectivity index (χ3v) is 2.92. The number of fused-ring (bicyclic) bond motifs is 1. The normalized spacial score (nSPS) is 12.0. The number of nitrogens with one attached hydrogen (secondary N) is 1. The van der Waals surface area contributed by atoms with Crippen LogP contribution in [-0.4, -0.2) is 19.7 Å². The van der Waals surface area contributed by atoms with Gasteiger partial charge in [0.2, 0.25) is 0 Å². The maximum Gasteiger partial charge on any atom is 0.127 e. The first kappa shape index (κ1) is 12.4. The summed E-state index contributed by atoms with van der Waals surface area (Å²) in [5.74, 6) is 0.876. The molecule has 2 aromatic carbocycles. The van der Waals surface area contributed by atoms with Crippen molar-refractivity contribution < 1.29 is 4.74 Å². The SMILES string of the molecule is CNC(C#N)CCOc1cccc2ccccc12. The molecule has 0 aliphatic carbocycles. The van der Waals surface area contributed by atoms with Gasteiger partial charge in [0, 0.05) is 11.8 Å². The minimum atomic E-state index is -0.153. The molecule has 1 atom stereocenters. The molecule has 0 saturated carbocycles. The van der Waals surface area contributed by atoms with Gasteiger partial charge in [-0.15, -0.1) is 0 Å². The topological polar surface area (TPSA) is 45.0 Å². The smallest absolute Gasteiger partial charge is 0.127 e. The molecule has 0 aliphatic rings. The molecule has 0 heterocycles. The first-order valence-electron chi connectivity index (χ1n) is 6.02. The fourth-order valence-electron chi connectivity index (χ4n) is 1.88. The van der Waals surface area contributed by atoms with E-state index in [9.17, 15) is 0 Å². The lowest BCUT2D eigenvalue weighted by Gasteiger charge is -2.11. The van der Waals surface area contributed by atoms with Gasteiger partial charge < -0.3 is 10.1 Å². The summed E-state index contributed by atoms with van der Waals surface area (Å²) >= 11 is 0. The van der Waals surface area contributed by atoms with Crippen LogP contribution in [0, 0.1) is 11.3 Å². The average molecular weight is 240 g/mol. The molecule has 0 aliphatic heterocycles. The fraction of sp³-hybridized carbons (Fsp3) is 0.267. The zero-order chi connectivity index (χ0) is 12.8. The Kier molecular flexibility index (Phi) is 4.16. The van der Waals surface area contributed by atoms with Crippen LogP contribution in [0.25, 0.3) is 10.8 Å². The van der Waals surface area contributed by atoms with Crippen molar-refractivity contribution in [2.45, 2.75) is 12.5 Å². The van der Waals surface area contributed by atoms with E-state index in [0.29, 0.717) is 13.0 Å². The summed E-state index contributed by atoms with van der Waals surface area (Å²) in [5, 5.41) is 14.0. The molecule has 0 aromatic heterocycles. The highest BCUT2D eigenvalue weighted by atomic mass is 16.5. The van der Waals surface area contributed by atoms with Crippen molar-refractivity contribution in [3.05, 3.63) is 42.5 Å². The van der Waals surface area contributed by atoms with Crippen LogP contribution >= 0.6 is 0 Å². The summed E-state index contributed by atoms with van der Waals surface area (Å²) in [6, 6.07) is 16.2. The van der Waals surface area contributed by atoms with Crippen LogP contribution in [0.5, 0.6) is 5.75 Å². The van der Waals surface area contributed by atoms with Gasteiger partial charge in [0.1, 0.15) is 5.75 Å². The third-order valence-electron chi connectivity index (χ3n) is 2.92. The summed E-state index contributed by atoms with van der Waals surface area (Å²) in [6.45, 7) is 0.535. The predicted octanol–water partition coefficient (Wildman–Crippen LogP) is 2.72. The molecule has 0 saturated heterocycles. The van der Waals surface area contributed by atoms with Crippen LogP contribution in [0.3, 0.4) is 0 Å². The Morgan fingerprint density at radius 2 is 2.00 bits per heavy atom. The molecule has 0 radical (unpaired) electrons. The molecule has 18 heavy (non-hydrogen) atoms. The van der Waals surface area contributed by atoms with Crippen molar-refractivity contribution in [3.8, 4) is 11.8 Å². The van der Waals surface area contributed by atoms with E-state index in [4.69, 9.17) is 10.00 Å². The van der Waals surface area contributed by atoms with E-state index in [1.54, 1.807) is 7.05 Å². The zero-order valence-electron chi connectivity index (χ0n) is 10.4. The van der Waals surface area contributed by atoms with E-state index in [-0.39, 0.29) is 6.04 Å². The molecule has 2 aromatic rings. The number of benzene rings is 2. The van der Waals surface area contributed by atoms with E-state index >= 15 is 0 Å². The van der Waals surface area contributed by atoms with Crippen LogP contribution in [0.1, 0.15) is 6.42 Å². The Morgan fingerprint density at radius 1 is 1.22 bits per heavy atom. The van der Waals surface area contributed by atoms with Gasteiger partial charge in [0.25, 0.3) is 0 Å². The Morgan fingerprint density at radius 3 is 2.78 bits per heavy atom. The lowest BCUT2D eigenvalue weighted by Crippen LogP contribution is -2.25. The molecule has 0 bridgehead atoms. The van der Waals surface area contributed by atoms with Gasteiger partial charge in [-0.3, -0.25) is 0 Å². The second-order valence-electron chi connectivity index (χ2n) is 4.08. The third kappa shape index (κ3) is 2.79. The van der Waals surface area contributed by atoms with Gasteiger partial charge in [-0.25, -0.2) is 0 Å². The van der Waals surface area contributed by atoms with Crippen LogP contribution < -0.4 is 10.1 Å². The highest BCUT2D eigenvalue weighted by molar-refractivity contribution is 5.88. The van der Waals surface area contributed by atoms with Crippen molar-refractivity contribution >= 4 is 10.8 Å². The molecule has 1 unspecified atom stereocenters. The standard InChI is InChI=1S/C15H16N2O/c1-17-13(11-16)9-10-18-15-8-4-6-12-5-2-3-7-14(12)15/h2-8,13,17H,9-10H2,1H3. The Hall–Kier alpha value is -2.05. The summed E-state index contributed by atoms with van der Waals surface area (Å²) in [5.41, 5.74) is 0. The highest BCUT2D eigenvalue weighted by Crippen LogP contribution is 2.25. The summed E-state index contributed by atoms with van der Waals surface area (Å²) in [6.07, 6.45) is 0.677. The molecular formula is C15H16N2O. The molecule has 0 spiro atoms. The highest BCUT2D eigenvalue weighted by Gasteiger charge is 2.05. The van der Waals surface area contributed by atoms with E-state index in [0.717, 1.165) is 11.1 Å². The van der Waals surface area contributed by atoms with Gasteiger partial charge >= 0.3 is 0 Å². The first-order valence-corrected chi connectivity index (χ1v) is 6.02. The van der Waals surface area contributed by atoms with E-state index < -0.39 is 0 Å². The Labute approximate surface area is 107 Å². The van der Waals surface area contributed by atoms with Crippen molar-refractivity contribution in [3.63, 3.8) is 0 Å². The van der Waals surface area contributed by atoms with E-state index in [1.807, 2.05) is 30.3 Å².